The molecule has 4 rings (SSSR count). The van der Waals surface area contributed by atoms with Crippen molar-refractivity contribution in [3.63, 3.8) is 0 Å². The lowest BCUT2D eigenvalue weighted by molar-refractivity contribution is 0.608. The second kappa shape index (κ2) is 8.50. The summed E-state index contributed by atoms with van der Waals surface area (Å²) in [5.41, 5.74) is 10.5. The molecule has 0 N–H and O–H groups in total. The highest BCUT2D eigenvalue weighted by Crippen LogP contribution is 2.48. The first-order valence-corrected chi connectivity index (χ1v) is 11.7. The molecule has 0 saturated carbocycles. The maximum atomic E-state index is 7.27. The van der Waals surface area contributed by atoms with Gasteiger partial charge in [0.1, 0.15) is 6.17 Å². The number of hydrogen-bond donors (Lipinski definition) is 0. The number of halogens is 2. The highest BCUT2D eigenvalue weighted by atomic mass is 35.5. The standard InChI is InChI=1S/C28H30Cl2N2/c1-18-14-20(3)25(21(4)15-18)31-12-13-32(26-22(5)16-19(2)17-23(26)6)27(31)28(29,30)24-10-8-7-9-11-24/h7-17,27H,1-6H3. The number of anilines is 2. The molecule has 0 spiro atoms. The molecule has 0 radical (unpaired) electrons. The molecule has 0 atom stereocenters. The van der Waals surface area contributed by atoms with Crippen LogP contribution in [-0.4, -0.2) is 6.17 Å². The quantitative estimate of drug-likeness (QED) is 0.360. The highest BCUT2D eigenvalue weighted by Gasteiger charge is 2.47. The fraction of sp³-hybridized carbons (Fsp3) is 0.286. The van der Waals surface area contributed by atoms with Crippen LogP contribution in [0.3, 0.4) is 0 Å². The summed E-state index contributed by atoms with van der Waals surface area (Å²) in [5, 5.41) is 0. The van der Waals surface area contributed by atoms with E-state index in [1.165, 1.54) is 33.4 Å². The predicted molar refractivity (Wildman–Crippen MR) is 139 cm³/mol. The smallest absolute Gasteiger partial charge is 0.182 e. The van der Waals surface area contributed by atoms with E-state index in [4.69, 9.17) is 23.2 Å². The summed E-state index contributed by atoms with van der Waals surface area (Å²) in [7, 11) is 0. The van der Waals surface area contributed by atoms with E-state index in [0.29, 0.717) is 0 Å². The molecular weight excluding hydrogens is 435 g/mol. The molecule has 0 saturated heterocycles. The van der Waals surface area contributed by atoms with Crippen LogP contribution < -0.4 is 9.80 Å². The normalized spacial score (nSPS) is 14.5. The van der Waals surface area contributed by atoms with Crippen LogP contribution in [0.4, 0.5) is 11.4 Å². The molecule has 2 nitrogen and oxygen atoms in total. The van der Waals surface area contributed by atoms with E-state index < -0.39 is 4.33 Å². The van der Waals surface area contributed by atoms with Gasteiger partial charge in [0.25, 0.3) is 0 Å². The number of aryl methyl sites for hydroxylation is 6. The maximum absolute atomic E-state index is 7.27. The van der Waals surface area contributed by atoms with Crippen LogP contribution >= 0.6 is 23.2 Å². The molecule has 0 aromatic heterocycles. The number of nitrogens with zero attached hydrogens (tertiary/aromatic N) is 2. The van der Waals surface area contributed by atoms with Gasteiger partial charge < -0.3 is 9.80 Å². The molecular formula is C28H30Cl2N2. The molecule has 3 aromatic rings. The third kappa shape index (κ3) is 3.91. The lowest BCUT2D eigenvalue weighted by Crippen LogP contribution is -2.50. The van der Waals surface area contributed by atoms with Crippen LogP contribution in [-0.2, 0) is 4.33 Å². The molecule has 1 heterocycles. The van der Waals surface area contributed by atoms with Crippen LogP contribution in [0.5, 0.6) is 0 Å². The van der Waals surface area contributed by atoms with E-state index >= 15 is 0 Å². The summed E-state index contributed by atoms with van der Waals surface area (Å²) >= 11 is 14.5. The Balaban J connectivity index is 1.93. The Bertz CT molecular complexity index is 1070. The second-order valence-corrected chi connectivity index (χ2v) is 10.4. The average molecular weight is 465 g/mol. The molecule has 0 unspecified atom stereocenters. The van der Waals surface area contributed by atoms with Gasteiger partial charge in [-0.25, -0.2) is 0 Å². The van der Waals surface area contributed by atoms with Crippen molar-refractivity contribution < 1.29 is 0 Å². The van der Waals surface area contributed by atoms with E-state index in [0.717, 1.165) is 16.9 Å². The van der Waals surface area contributed by atoms with Crippen LogP contribution in [0.2, 0.25) is 0 Å². The summed E-state index contributed by atoms with van der Waals surface area (Å²) in [6, 6.07) is 18.8. The molecule has 0 aliphatic carbocycles. The number of benzene rings is 3. The van der Waals surface area contributed by atoms with Gasteiger partial charge in [-0.05, 0) is 69.4 Å². The van der Waals surface area contributed by atoms with E-state index in [1.807, 2.05) is 30.3 Å². The van der Waals surface area contributed by atoms with Gasteiger partial charge in [-0.15, -0.1) is 0 Å². The molecule has 1 aliphatic heterocycles. The van der Waals surface area contributed by atoms with Crippen LogP contribution in [0.15, 0.2) is 67.0 Å². The Hall–Kier alpha value is -2.42. The molecule has 3 aromatic carbocycles. The molecule has 32 heavy (non-hydrogen) atoms. The lowest BCUT2D eigenvalue weighted by atomic mass is 10.0. The zero-order valence-electron chi connectivity index (χ0n) is 19.6. The first-order valence-electron chi connectivity index (χ1n) is 11.0. The van der Waals surface area contributed by atoms with Crippen molar-refractivity contribution in [3.05, 3.63) is 106 Å². The summed E-state index contributed by atoms with van der Waals surface area (Å²) < 4.78 is -1.18. The largest absolute Gasteiger partial charge is 0.322 e. The first kappa shape index (κ1) is 22.8. The zero-order chi connectivity index (χ0) is 23.2. The molecule has 1 aliphatic rings. The van der Waals surface area contributed by atoms with Gasteiger partial charge in [-0.2, -0.15) is 0 Å². The van der Waals surface area contributed by atoms with Crippen molar-refractivity contribution in [1.29, 1.82) is 0 Å². The molecule has 0 bridgehead atoms. The van der Waals surface area contributed by atoms with Crippen molar-refractivity contribution in [2.75, 3.05) is 9.80 Å². The summed E-state index contributed by atoms with van der Waals surface area (Å²) in [5.74, 6) is 0. The first-order chi connectivity index (χ1) is 15.1. The van der Waals surface area contributed by atoms with Crippen molar-refractivity contribution in [2.45, 2.75) is 52.0 Å². The summed E-state index contributed by atoms with van der Waals surface area (Å²) in [6.07, 6.45) is 3.86. The van der Waals surface area contributed by atoms with Gasteiger partial charge in [0.2, 0.25) is 0 Å². The lowest BCUT2D eigenvalue weighted by Gasteiger charge is -2.42. The Labute approximate surface area is 202 Å². The van der Waals surface area contributed by atoms with Crippen molar-refractivity contribution in [2.24, 2.45) is 0 Å². The van der Waals surface area contributed by atoms with E-state index in [2.05, 4.69) is 88.0 Å². The Morgan fingerprint density at radius 3 is 1.38 bits per heavy atom. The Kier molecular flexibility index (Phi) is 6.04. The third-order valence-electron chi connectivity index (χ3n) is 6.18. The minimum atomic E-state index is -1.18. The predicted octanol–water partition coefficient (Wildman–Crippen LogP) is 7.99. The summed E-state index contributed by atoms with van der Waals surface area (Å²) in [6.45, 7) is 12.9. The SMILES string of the molecule is Cc1cc(C)c(N2C=CN(c3c(C)cc(C)cc3C)C2C(Cl)(Cl)c2ccccc2)c(C)c1. The highest BCUT2D eigenvalue weighted by molar-refractivity contribution is 6.49. The Morgan fingerprint density at radius 2 is 1.00 bits per heavy atom. The zero-order valence-corrected chi connectivity index (χ0v) is 21.1. The minimum Gasteiger partial charge on any atom is -0.322 e. The van der Waals surface area contributed by atoms with Crippen molar-refractivity contribution >= 4 is 34.6 Å². The third-order valence-corrected chi connectivity index (χ3v) is 7.01. The topological polar surface area (TPSA) is 6.48 Å². The second-order valence-electron chi connectivity index (χ2n) is 8.97. The van der Waals surface area contributed by atoms with Crippen LogP contribution in [0.25, 0.3) is 0 Å². The van der Waals surface area contributed by atoms with Gasteiger partial charge in [0, 0.05) is 23.8 Å². The number of rotatable bonds is 4. The van der Waals surface area contributed by atoms with Crippen LogP contribution in [0.1, 0.15) is 38.9 Å². The van der Waals surface area contributed by atoms with Gasteiger partial charge >= 0.3 is 0 Å². The number of alkyl halides is 2. The van der Waals surface area contributed by atoms with Gasteiger partial charge in [-0.1, -0.05) is 88.9 Å². The molecule has 0 fully saturated rings. The monoisotopic (exact) mass is 464 g/mol. The van der Waals surface area contributed by atoms with Gasteiger partial charge in [0.15, 0.2) is 4.33 Å². The van der Waals surface area contributed by atoms with Crippen LogP contribution in [0, 0.1) is 41.5 Å². The molecule has 4 heteroatoms. The van der Waals surface area contributed by atoms with Gasteiger partial charge in [-0.3, -0.25) is 0 Å². The minimum absolute atomic E-state index is 0.353. The van der Waals surface area contributed by atoms with E-state index in [9.17, 15) is 0 Å². The molecule has 0 amide bonds. The molecule has 166 valence electrons. The van der Waals surface area contributed by atoms with E-state index in [-0.39, 0.29) is 6.17 Å². The average Bonchev–Trinajstić information content (AvgIpc) is 3.12. The van der Waals surface area contributed by atoms with Crippen molar-refractivity contribution in [3.8, 4) is 0 Å². The number of hydrogen-bond acceptors (Lipinski definition) is 2. The van der Waals surface area contributed by atoms with Gasteiger partial charge in [0.05, 0.1) is 0 Å². The maximum Gasteiger partial charge on any atom is 0.182 e. The fourth-order valence-electron chi connectivity index (χ4n) is 5.15. The van der Waals surface area contributed by atoms with Crippen molar-refractivity contribution in [1.82, 2.24) is 0 Å². The van der Waals surface area contributed by atoms with E-state index in [1.54, 1.807) is 0 Å². The Morgan fingerprint density at radius 1 is 0.625 bits per heavy atom. The fourth-order valence-corrected chi connectivity index (χ4v) is 5.83. The summed E-state index contributed by atoms with van der Waals surface area (Å²) in [4.78, 5) is 4.46.